The van der Waals surface area contributed by atoms with Crippen molar-refractivity contribution in [1.29, 1.82) is 0 Å². The molecule has 3 heteroatoms. The predicted octanol–water partition coefficient (Wildman–Crippen LogP) is 2.12. The minimum absolute atomic E-state index is 0.219. The van der Waals surface area contributed by atoms with Crippen LogP contribution in [0.15, 0.2) is 24.3 Å². The third kappa shape index (κ3) is 3.61. The fourth-order valence-electron chi connectivity index (χ4n) is 1.61. The zero-order valence-corrected chi connectivity index (χ0v) is 9.29. The lowest BCUT2D eigenvalue weighted by molar-refractivity contribution is -0.0171. The van der Waals surface area contributed by atoms with E-state index < -0.39 is 5.60 Å². The predicted molar refractivity (Wildman–Crippen MR) is 59.2 cm³/mol. The van der Waals surface area contributed by atoms with E-state index in [0.717, 1.165) is 5.56 Å². The first kappa shape index (κ1) is 12.1. The molecule has 0 bridgehead atoms. The highest BCUT2D eigenvalue weighted by molar-refractivity contribution is 5.18. The van der Waals surface area contributed by atoms with Crippen LogP contribution in [0.1, 0.15) is 19.4 Å². The lowest BCUT2D eigenvalue weighted by Crippen LogP contribution is -2.39. The zero-order valence-electron chi connectivity index (χ0n) is 9.29. The van der Waals surface area contributed by atoms with Crippen LogP contribution >= 0.6 is 0 Å². The van der Waals surface area contributed by atoms with E-state index in [9.17, 15) is 4.39 Å². The number of ether oxygens (including phenoxy) is 1. The topological polar surface area (TPSA) is 35.2 Å². The van der Waals surface area contributed by atoms with Crippen LogP contribution in [0, 0.1) is 5.82 Å². The molecule has 0 heterocycles. The maximum Gasteiger partial charge on any atom is 0.123 e. The molecule has 84 valence electrons. The van der Waals surface area contributed by atoms with E-state index in [1.807, 2.05) is 19.9 Å². The van der Waals surface area contributed by atoms with Crippen LogP contribution in [0.4, 0.5) is 4.39 Å². The third-order valence-electron chi connectivity index (χ3n) is 2.39. The molecular weight excluding hydrogens is 193 g/mol. The van der Waals surface area contributed by atoms with Crippen LogP contribution < -0.4 is 5.73 Å². The number of nitrogens with two attached hydrogens (primary N) is 1. The van der Waals surface area contributed by atoms with Gasteiger partial charge in [0.05, 0.1) is 5.60 Å². The molecule has 1 atom stereocenters. The van der Waals surface area contributed by atoms with Crippen molar-refractivity contribution < 1.29 is 9.13 Å². The molecule has 0 saturated heterocycles. The fourth-order valence-corrected chi connectivity index (χ4v) is 1.61. The summed E-state index contributed by atoms with van der Waals surface area (Å²) in [6, 6.07) is 6.54. The van der Waals surface area contributed by atoms with Crippen molar-refractivity contribution in [1.82, 2.24) is 0 Å². The van der Waals surface area contributed by atoms with Gasteiger partial charge in [-0.05, 0) is 31.5 Å². The van der Waals surface area contributed by atoms with Crippen LogP contribution in [-0.2, 0) is 11.2 Å². The summed E-state index contributed by atoms with van der Waals surface area (Å²) in [7, 11) is 0. The van der Waals surface area contributed by atoms with Crippen molar-refractivity contribution >= 4 is 0 Å². The Bertz CT molecular complexity index is 316. The van der Waals surface area contributed by atoms with Gasteiger partial charge in [-0.2, -0.15) is 0 Å². The van der Waals surface area contributed by atoms with E-state index in [4.69, 9.17) is 10.5 Å². The Balaban J connectivity index is 2.74. The molecule has 0 fully saturated rings. The second-order valence-electron chi connectivity index (χ2n) is 3.89. The number of halogens is 1. The third-order valence-corrected chi connectivity index (χ3v) is 2.39. The second-order valence-corrected chi connectivity index (χ2v) is 3.89. The number of benzene rings is 1. The molecule has 2 nitrogen and oxygen atoms in total. The maximum atomic E-state index is 13.0. The lowest BCUT2D eigenvalue weighted by Gasteiger charge is -2.28. The smallest absolute Gasteiger partial charge is 0.123 e. The average molecular weight is 211 g/mol. The van der Waals surface area contributed by atoms with Gasteiger partial charge in [0.2, 0.25) is 0 Å². The van der Waals surface area contributed by atoms with Crippen molar-refractivity contribution in [2.24, 2.45) is 5.73 Å². The van der Waals surface area contributed by atoms with Gasteiger partial charge in [0.1, 0.15) is 5.82 Å². The van der Waals surface area contributed by atoms with Crippen LogP contribution in [0.25, 0.3) is 0 Å². The summed E-state index contributed by atoms with van der Waals surface area (Å²) in [6.45, 7) is 4.92. The molecule has 1 unspecified atom stereocenters. The first-order valence-corrected chi connectivity index (χ1v) is 5.18. The standard InChI is InChI=1S/C12H18FNO/c1-3-15-12(2,9-14)8-10-5-4-6-11(13)7-10/h4-7H,3,8-9,14H2,1-2H3. The van der Waals surface area contributed by atoms with E-state index in [0.29, 0.717) is 19.6 Å². The normalized spacial score (nSPS) is 14.9. The zero-order chi connectivity index (χ0) is 11.3. The summed E-state index contributed by atoms with van der Waals surface area (Å²) in [6.07, 6.45) is 0.634. The van der Waals surface area contributed by atoms with Gasteiger partial charge < -0.3 is 10.5 Å². The molecule has 0 aromatic heterocycles. The summed E-state index contributed by atoms with van der Waals surface area (Å²) in [4.78, 5) is 0. The highest BCUT2D eigenvalue weighted by Crippen LogP contribution is 2.17. The van der Waals surface area contributed by atoms with Gasteiger partial charge in [-0.15, -0.1) is 0 Å². The van der Waals surface area contributed by atoms with Crippen molar-refractivity contribution in [2.45, 2.75) is 25.9 Å². The van der Waals surface area contributed by atoms with Crippen molar-refractivity contribution in [3.63, 3.8) is 0 Å². The quantitative estimate of drug-likeness (QED) is 0.809. The largest absolute Gasteiger partial charge is 0.374 e. The molecule has 1 aromatic carbocycles. The van der Waals surface area contributed by atoms with Crippen LogP contribution in [0.5, 0.6) is 0 Å². The first-order chi connectivity index (χ1) is 7.09. The fraction of sp³-hybridized carbons (Fsp3) is 0.500. The van der Waals surface area contributed by atoms with Crippen LogP contribution in [-0.4, -0.2) is 18.8 Å². The minimum Gasteiger partial charge on any atom is -0.374 e. The molecule has 0 aliphatic rings. The van der Waals surface area contributed by atoms with Gasteiger partial charge in [-0.25, -0.2) is 4.39 Å². The Morgan fingerprint density at radius 2 is 2.20 bits per heavy atom. The summed E-state index contributed by atoms with van der Waals surface area (Å²) in [5.41, 5.74) is 6.17. The Labute approximate surface area is 90.2 Å². The van der Waals surface area contributed by atoms with Gasteiger partial charge >= 0.3 is 0 Å². The van der Waals surface area contributed by atoms with E-state index in [1.165, 1.54) is 12.1 Å². The molecule has 0 amide bonds. The van der Waals surface area contributed by atoms with E-state index >= 15 is 0 Å². The van der Waals surface area contributed by atoms with E-state index in [2.05, 4.69) is 0 Å². The van der Waals surface area contributed by atoms with E-state index in [1.54, 1.807) is 6.07 Å². The monoisotopic (exact) mass is 211 g/mol. The SMILES string of the molecule is CCOC(C)(CN)Cc1cccc(F)c1. The Morgan fingerprint density at radius 3 is 2.73 bits per heavy atom. The highest BCUT2D eigenvalue weighted by atomic mass is 19.1. The molecule has 0 spiro atoms. The Kier molecular flexibility index (Phi) is 4.24. The van der Waals surface area contributed by atoms with Gasteiger partial charge in [0.15, 0.2) is 0 Å². The molecule has 0 aliphatic carbocycles. The highest BCUT2D eigenvalue weighted by Gasteiger charge is 2.23. The second kappa shape index (κ2) is 5.24. The van der Waals surface area contributed by atoms with Crippen molar-refractivity contribution in [3.8, 4) is 0 Å². The van der Waals surface area contributed by atoms with Gasteiger partial charge in [-0.1, -0.05) is 12.1 Å². The van der Waals surface area contributed by atoms with Crippen LogP contribution in [0.3, 0.4) is 0 Å². The molecule has 2 N–H and O–H groups in total. The number of rotatable bonds is 5. The molecular formula is C12H18FNO. The first-order valence-electron chi connectivity index (χ1n) is 5.18. The molecule has 0 saturated carbocycles. The molecule has 15 heavy (non-hydrogen) atoms. The molecule has 1 rings (SSSR count). The number of hydrogen-bond acceptors (Lipinski definition) is 2. The average Bonchev–Trinajstić information content (AvgIpc) is 2.18. The Morgan fingerprint density at radius 1 is 1.47 bits per heavy atom. The minimum atomic E-state index is -0.400. The van der Waals surface area contributed by atoms with Gasteiger partial charge in [0, 0.05) is 19.6 Å². The summed E-state index contributed by atoms with van der Waals surface area (Å²) in [5.74, 6) is -0.219. The molecule has 0 aliphatic heterocycles. The van der Waals surface area contributed by atoms with E-state index in [-0.39, 0.29) is 5.82 Å². The Hall–Kier alpha value is -0.930. The van der Waals surface area contributed by atoms with Crippen molar-refractivity contribution in [2.75, 3.05) is 13.2 Å². The van der Waals surface area contributed by atoms with Crippen molar-refractivity contribution in [3.05, 3.63) is 35.6 Å². The maximum absolute atomic E-state index is 13.0. The molecule has 1 aromatic rings. The summed E-state index contributed by atoms with van der Waals surface area (Å²) < 4.78 is 18.5. The summed E-state index contributed by atoms with van der Waals surface area (Å²) >= 11 is 0. The molecule has 0 radical (unpaired) electrons. The van der Waals surface area contributed by atoms with Gasteiger partial charge in [-0.3, -0.25) is 0 Å². The van der Waals surface area contributed by atoms with Gasteiger partial charge in [0.25, 0.3) is 0 Å². The van der Waals surface area contributed by atoms with Crippen LogP contribution in [0.2, 0.25) is 0 Å². The lowest BCUT2D eigenvalue weighted by atomic mass is 9.96. The number of hydrogen-bond donors (Lipinski definition) is 1. The summed E-state index contributed by atoms with van der Waals surface area (Å²) in [5, 5.41) is 0.